The minimum atomic E-state index is -0.675. The third-order valence-corrected chi connectivity index (χ3v) is 12.7. The monoisotopic (exact) mass is 771 g/mol. The molecule has 0 radical (unpaired) electrons. The van der Waals surface area contributed by atoms with E-state index in [9.17, 15) is 19.2 Å². The largest absolute Gasteiger partial charge is 0.381 e. The van der Waals surface area contributed by atoms with Gasteiger partial charge < -0.3 is 15.5 Å². The van der Waals surface area contributed by atoms with Crippen LogP contribution in [0.4, 0.5) is 11.4 Å². The first-order chi connectivity index (χ1) is 27.2. The highest BCUT2D eigenvalue weighted by atomic mass is 32.1. The summed E-state index contributed by atoms with van der Waals surface area (Å²) in [5.41, 5.74) is 7.23. The van der Waals surface area contributed by atoms with E-state index in [4.69, 9.17) is 4.98 Å². The average Bonchev–Trinajstić information content (AvgIpc) is 3.66. The van der Waals surface area contributed by atoms with Gasteiger partial charge in [-0.3, -0.25) is 38.7 Å². The first-order valence-corrected chi connectivity index (χ1v) is 20.4. The van der Waals surface area contributed by atoms with Crippen LogP contribution in [-0.4, -0.2) is 87.0 Å². The molecule has 0 saturated carbocycles. The fourth-order valence-corrected chi connectivity index (χ4v) is 9.73. The Labute approximate surface area is 327 Å². The van der Waals surface area contributed by atoms with E-state index in [-0.39, 0.29) is 30.0 Å². The number of rotatable bonds is 9. The number of hydrogen-bond donors (Lipinski definition) is 3. The van der Waals surface area contributed by atoms with Gasteiger partial charge in [0.15, 0.2) is 0 Å². The molecule has 56 heavy (non-hydrogen) atoms. The van der Waals surface area contributed by atoms with E-state index in [0.717, 1.165) is 124 Å². The van der Waals surface area contributed by atoms with Gasteiger partial charge in [-0.1, -0.05) is 18.6 Å². The molecular weight excluding hydrogens is 727 g/mol. The van der Waals surface area contributed by atoms with Gasteiger partial charge in [-0.25, -0.2) is 9.78 Å². The van der Waals surface area contributed by atoms with Crippen LogP contribution in [0.5, 0.6) is 0 Å². The molecule has 2 aromatic carbocycles. The Morgan fingerprint density at radius 2 is 1.80 bits per heavy atom. The maximum absolute atomic E-state index is 13.3. The number of imidazole rings is 1. The van der Waals surface area contributed by atoms with Gasteiger partial charge in [-0.05, 0) is 81.1 Å². The molecule has 6 aromatic rings. The lowest BCUT2D eigenvalue weighted by molar-refractivity contribution is -0.135. The third-order valence-electron chi connectivity index (χ3n) is 11.6. The van der Waals surface area contributed by atoms with Crippen molar-refractivity contribution < 1.29 is 14.4 Å². The second-order valence-electron chi connectivity index (χ2n) is 15.3. The van der Waals surface area contributed by atoms with E-state index in [1.165, 1.54) is 11.3 Å². The van der Waals surface area contributed by atoms with Crippen molar-refractivity contribution in [1.29, 1.82) is 0 Å². The van der Waals surface area contributed by atoms with E-state index >= 15 is 0 Å². The van der Waals surface area contributed by atoms with Gasteiger partial charge in [0.25, 0.3) is 5.91 Å². The molecule has 3 amide bonds. The van der Waals surface area contributed by atoms with Crippen LogP contribution in [0.3, 0.4) is 0 Å². The van der Waals surface area contributed by atoms with E-state index < -0.39 is 11.9 Å². The van der Waals surface area contributed by atoms with E-state index in [1.807, 2.05) is 37.5 Å². The minimum absolute atomic E-state index is 0.0284. The first kappa shape index (κ1) is 36.1. The standard InChI is InChI=1S/C42H45N9O4S/c1-25-22-44-37-36-29-10-11-30(46-31(29)12-14-34(36)56-39(37)41(54)45-25)27-21-28(24-43-23-27)50-19-17-49(18-20-50)16-5-3-4-7-26-8-6-9-32-38(26)48(2)42(55)51(32)33-13-15-35(52)47-40(33)53/h6,8-12,14,21,23-25,33,44H,3-5,7,13,15-20,22H2,1-2H3,(H,45,54)(H,47,52,53)/t25-,33?/m1/s1. The molecule has 2 atom stereocenters. The highest BCUT2D eigenvalue weighted by Crippen LogP contribution is 2.41. The van der Waals surface area contributed by atoms with Crippen LogP contribution >= 0.6 is 11.3 Å². The number of amides is 3. The second kappa shape index (κ2) is 14.8. The quantitative estimate of drug-likeness (QED) is 0.133. The number of anilines is 2. The number of pyridine rings is 2. The summed E-state index contributed by atoms with van der Waals surface area (Å²) in [6, 6.07) is 15.8. The molecule has 2 fully saturated rings. The summed E-state index contributed by atoms with van der Waals surface area (Å²) in [5.74, 6) is -0.729. The highest BCUT2D eigenvalue weighted by Gasteiger charge is 2.32. The summed E-state index contributed by atoms with van der Waals surface area (Å²) < 4.78 is 4.27. The number of carbonyl (C=O) groups is 3. The lowest BCUT2D eigenvalue weighted by Gasteiger charge is -2.36. The van der Waals surface area contributed by atoms with E-state index in [1.54, 1.807) is 16.2 Å². The second-order valence-corrected chi connectivity index (χ2v) is 16.4. The molecule has 0 aliphatic carbocycles. The smallest absolute Gasteiger partial charge is 0.329 e. The number of piperazine rings is 1. The maximum Gasteiger partial charge on any atom is 0.329 e. The average molecular weight is 772 g/mol. The summed E-state index contributed by atoms with van der Waals surface area (Å²) in [6.45, 7) is 7.55. The molecule has 13 nitrogen and oxygen atoms in total. The van der Waals surface area contributed by atoms with Gasteiger partial charge in [-0.2, -0.15) is 0 Å². The number of aryl methyl sites for hydroxylation is 2. The Morgan fingerprint density at radius 3 is 2.64 bits per heavy atom. The van der Waals surface area contributed by atoms with Gasteiger partial charge in [0.1, 0.15) is 10.9 Å². The number of aromatic nitrogens is 4. The number of nitrogens with zero attached hydrogens (tertiary/aromatic N) is 6. The van der Waals surface area contributed by atoms with Crippen LogP contribution in [-0.2, 0) is 23.1 Å². The third kappa shape index (κ3) is 6.60. The lowest BCUT2D eigenvalue weighted by Crippen LogP contribution is -2.46. The number of imide groups is 1. The number of fused-ring (bicyclic) bond motifs is 6. The zero-order chi connectivity index (χ0) is 38.5. The SMILES string of the molecule is C[C@@H]1CNc2c(sc3ccc4nc(-c5cncc(N6CCN(CCCCCc7cccc8c7n(C)c(=O)n8C7CCC(=O)NC7=O)CC6)c5)ccc4c23)C(=O)N1. The molecule has 3 N–H and O–H groups in total. The van der Waals surface area contributed by atoms with Crippen molar-refractivity contribution in [2.24, 2.45) is 7.05 Å². The molecule has 7 heterocycles. The number of nitrogens with one attached hydrogen (secondary N) is 3. The van der Waals surface area contributed by atoms with Crippen LogP contribution in [0.25, 0.3) is 43.3 Å². The Kier molecular flexibility index (Phi) is 9.54. The summed E-state index contributed by atoms with van der Waals surface area (Å²) in [4.78, 5) is 65.8. The number of unbranched alkanes of at least 4 members (excludes halogenated alkanes) is 2. The fourth-order valence-electron chi connectivity index (χ4n) is 8.64. The molecular formula is C42H45N9O4S. The van der Waals surface area contributed by atoms with Crippen LogP contribution in [0.15, 0.2) is 65.7 Å². The molecule has 3 aliphatic heterocycles. The molecule has 14 heteroatoms. The Hall–Kier alpha value is -5.60. The number of para-hydroxylation sites is 1. The fraction of sp³-hybridized carbons (Fsp3) is 0.381. The maximum atomic E-state index is 13.3. The Morgan fingerprint density at radius 1 is 0.946 bits per heavy atom. The predicted molar refractivity (Wildman–Crippen MR) is 221 cm³/mol. The first-order valence-electron chi connectivity index (χ1n) is 19.6. The number of hydrogen-bond acceptors (Lipinski definition) is 10. The Bertz CT molecular complexity index is 2580. The summed E-state index contributed by atoms with van der Waals surface area (Å²) in [7, 11) is 1.76. The van der Waals surface area contributed by atoms with Gasteiger partial charge in [0.05, 0.1) is 39.8 Å². The zero-order valence-corrected chi connectivity index (χ0v) is 32.5. The van der Waals surface area contributed by atoms with Gasteiger partial charge in [0, 0.05) is 79.5 Å². The van der Waals surface area contributed by atoms with Crippen molar-refractivity contribution in [1.82, 2.24) is 34.6 Å². The van der Waals surface area contributed by atoms with E-state index in [2.05, 4.69) is 61.1 Å². The van der Waals surface area contributed by atoms with Gasteiger partial charge >= 0.3 is 5.69 Å². The highest BCUT2D eigenvalue weighted by molar-refractivity contribution is 7.21. The number of thiophene rings is 1. The molecule has 0 bridgehead atoms. The molecule has 4 aromatic heterocycles. The molecule has 0 spiro atoms. The van der Waals surface area contributed by atoms with Crippen molar-refractivity contribution in [3.05, 3.63) is 81.8 Å². The molecule has 9 rings (SSSR count). The van der Waals surface area contributed by atoms with Crippen molar-refractivity contribution in [2.45, 2.75) is 57.5 Å². The van der Waals surface area contributed by atoms with Crippen molar-refractivity contribution >= 4 is 72.5 Å². The summed E-state index contributed by atoms with van der Waals surface area (Å²) >= 11 is 1.52. The van der Waals surface area contributed by atoms with Crippen LogP contribution in [0.2, 0.25) is 0 Å². The van der Waals surface area contributed by atoms with Crippen LogP contribution in [0.1, 0.15) is 60.3 Å². The molecule has 3 aliphatic rings. The normalized spacial score (nSPS) is 19.2. The zero-order valence-electron chi connectivity index (χ0n) is 31.6. The minimum Gasteiger partial charge on any atom is -0.381 e. The van der Waals surface area contributed by atoms with Crippen molar-refractivity contribution in [3.8, 4) is 11.3 Å². The predicted octanol–water partition coefficient (Wildman–Crippen LogP) is 5.22. The Balaban J connectivity index is 0.800. The number of carbonyl (C=O) groups excluding carboxylic acids is 3. The summed E-state index contributed by atoms with van der Waals surface area (Å²) in [5, 5.41) is 11.1. The number of benzene rings is 2. The number of piperidine rings is 1. The van der Waals surface area contributed by atoms with Crippen LogP contribution in [0, 0.1) is 0 Å². The lowest BCUT2D eigenvalue weighted by atomic mass is 10.0. The molecule has 2 saturated heterocycles. The van der Waals surface area contributed by atoms with Gasteiger partial charge in [-0.15, -0.1) is 11.3 Å². The topological polar surface area (TPSA) is 146 Å². The van der Waals surface area contributed by atoms with Crippen LogP contribution < -0.4 is 26.5 Å². The molecule has 288 valence electrons. The van der Waals surface area contributed by atoms with Crippen molar-refractivity contribution in [2.75, 3.05) is 49.5 Å². The molecule has 1 unspecified atom stereocenters. The van der Waals surface area contributed by atoms with Gasteiger partial charge in [0.2, 0.25) is 11.8 Å². The summed E-state index contributed by atoms with van der Waals surface area (Å²) in [6.07, 6.45) is 8.41. The van der Waals surface area contributed by atoms with E-state index in [0.29, 0.717) is 13.0 Å². The van der Waals surface area contributed by atoms with Crippen molar-refractivity contribution in [3.63, 3.8) is 0 Å².